The third kappa shape index (κ3) is 4.09. The van der Waals surface area contributed by atoms with Crippen molar-refractivity contribution in [3.8, 4) is 0 Å². The quantitative estimate of drug-likeness (QED) is 0.676. The van der Waals surface area contributed by atoms with Crippen LogP contribution in [0.15, 0.2) is 0 Å². The van der Waals surface area contributed by atoms with E-state index in [-0.39, 0.29) is 25.0 Å². The lowest BCUT2D eigenvalue weighted by Crippen LogP contribution is -2.47. The maximum absolute atomic E-state index is 9.15. The van der Waals surface area contributed by atoms with Gasteiger partial charge in [-0.3, -0.25) is 4.90 Å². The highest BCUT2D eigenvalue weighted by atomic mass is 16.3. The maximum Gasteiger partial charge on any atom is 0.0471 e. The van der Waals surface area contributed by atoms with Gasteiger partial charge in [-0.25, -0.2) is 0 Å². The minimum atomic E-state index is 0.220. The maximum atomic E-state index is 9.15. The van der Waals surface area contributed by atoms with Gasteiger partial charge >= 0.3 is 0 Å². The Hall–Kier alpha value is -0.120. The lowest BCUT2D eigenvalue weighted by molar-refractivity contribution is 0.0528. The third-order valence-electron chi connectivity index (χ3n) is 3.63. The number of hydrogen-bond acceptors (Lipinski definition) is 3. The van der Waals surface area contributed by atoms with E-state index in [4.69, 9.17) is 10.2 Å². The van der Waals surface area contributed by atoms with Crippen LogP contribution in [0.25, 0.3) is 0 Å². The first-order valence-corrected chi connectivity index (χ1v) is 5.96. The number of rotatable bonds is 7. The molecule has 0 fully saturated rings. The normalized spacial score (nSPS) is 20.0. The first kappa shape index (κ1) is 14.9. The van der Waals surface area contributed by atoms with Crippen LogP contribution in [0.2, 0.25) is 0 Å². The summed E-state index contributed by atoms with van der Waals surface area (Å²) in [4.78, 5) is 2.35. The average Bonchev–Trinajstić information content (AvgIpc) is 2.27. The van der Waals surface area contributed by atoms with Crippen LogP contribution >= 0.6 is 0 Å². The second-order valence-corrected chi connectivity index (χ2v) is 4.63. The van der Waals surface area contributed by atoms with Gasteiger partial charge < -0.3 is 10.2 Å². The van der Waals surface area contributed by atoms with Crippen LogP contribution in [0.3, 0.4) is 0 Å². The molecule has 2 N–H and O–H groups in total. The second-order valence-electron chi connectivity index (χ2n) is 4.63. The first-order valence-electron chi connectivity index (χ1n) is 5.96. The van der Waals surface area contributed by atoms with E-state index in [1.165, 1.54) is 0 Å². The molecule has 0 rings (SSSR count). The Balaban J connectivity index is 4.45. The second kappa shape index (κ2) is 7.20. The summed E-state index contributed by atoms with van der Waals surface area (Å²) in [6.45, 7) is 11.9. The highest BCUT2D eigenvalue weighted by molar-refractivity contribution is 4.79. The Morgan fingerprint density at radius 1 is 0.867 bits per heavy atom. The van der Waals surface area contributed by atoms with Crippen LogP contribution in [-0.4, -0.2) is 47.0 Å². The lowest BCUT2D eigenvalue weighted by atomic mass is 9.96. The van der Waals surface area contributed by atoms with Crippen LogP contribution in [-0.2, 0) is 0 Å². The van der Waals surface area contributed by atoms with E-state index in [2.05, 4.69) is 39.5 Å². The van der Waals surface area contributed by atoms with Gasteiger partial charge in [0.25, 0.3) is 0 Å². The van der Waals surface area contributed by atoms with Crippen molar-refractivity contribution < 1.29 is 10.2 Å². The minimum Gasteiger partial charge on any atom is -0.396 e. The Bertz CT molecular complexity index is 148. The summed E-state index contributed by atoms with van der Waals surface area (Å²) in [5.41, 5.74) is 0. The molecular weight excluding hydrogens is 190 g/mol. The smallest absolute Gasteiger partial charge is 0.0471 e. The van der Waals surface area contributed by atoms with Gasteiger partial charge in [0, 0.05) is 25.3 Å². The molecule has 0 saturated carbocycles. The fourth-order valence-corrected chi connectivity index (χ4v) is 1.91. The van der Waals surface area contributed by atoms with E-state index < -0.39 is 0 Å². The van der Waals surface area contributed by atoms with E-state index in [9.17, 15) is 0 Å². The Morgan fingerprint density at radius 3 is 1.40 bits per heavy atom. The molecule has 0 aliphatic heterocycles. The molecule has 4 unspecified atom stereocenters. The number of aliphatic hydroxyl groups is 2. The molecule has 0 bridgehead atoms. The molecule has 3 heteroatoms. The minimum absolute atomic E-state index is 0.220. The first-order chi connectivity index (χ1) is 6.99. The van der Waals surface area contributed by atoms with Crippen LogP contribution in [0.5, 0.6) is 0 Å². The van der Waals surface area contributed by atoms with Crippen molar-refractivity contribution in [2.45, 2.75) is 46.7 Å². The van der Waals surface area contributed by atoms with Gasteiger partial charge in [0.2, 0.25) is 0 Å². The molecule has 0 radical (unpaired) electrons. The molecule has 0 spiro atoms. The lowest BCUT2D eigenvalue weighted by Gasteiger charge is -2.38. The van der Waals surface area contributed by atoms with Gasteiger partial charge in [-0.15, -0.1) is 0 Å². The van der Waals surface area contributed by atoms with Crippen molar-refractivity contribution in [1.29, 1.82) is 0 Å². The number of aliphatic hydroxyl groups excluding tert-OH is 2. The number of nitrogens with zero attached hydrogens (tertiary/aromatic N) is 1. The molecule has 0 aromatic carbocycles. The summed E-state index contributed by atoms with van der Waals surface area (Å²) in [7, 11) is 0. The standard InChI is InChI=1S/C12H27NO2/c1-6-13(11(4)9(2)7-14)12(5)10(3)8-15/h9-12,14-15H,6-8H2,1-5H3. The summed E-state index contributed by atoms with van der Waals surface area (Å²) in [6.07, 6.45) is 0. The zero-order valence-electron chi connectivity index (χ0n) is 10.8. The van der Waals surface area contributed by atoms with E-state index >= 15 is 0 Å². The van der Waals surface area contributed by atoms with Crippen LogP contribution in [0.1, 0.15) is 34.6 Å². The van der Waals surface area contributed by atoms with Gasteiger partial charge in [0.05, 0.1) is 0 Å². The van der Waals surface area contributed by atoms with Gasteiger partial charge in [0.15, 0.2) is 0 Å². The zero-order valence-corrected chi connectivity index (χ0v) is 10.8. The Morgan fingerprint density at radius 2 is 1.20 bits per heavy atom. The van der Waals surface area contributed by atoms with E-state index in [0.717, 1.165) is 6.54 Å². The molecule has 0 aliphatic rings. The molecule has 0 amide bonds. The highest BCUT2D eigenvalue weighted by Crippen LogP contribution is 2.18. The van der Waals surface area contributed by atoms with Crippen molar-refractivity contribution in [3.63, 3.8) is 0 Å². The Kier molecular flexibility index (Phi) is 7.14. The molecule has 0 aromatic rings. The molecule has 92 valence electrons. The molecule has 0 aliphatic carbocycles. The summed E-state index contributed by atoms with van der Waals surface area (Å²) < 4.78 is 0. The summed E-state index contributed by atoms with van der Waals surface area (Å²) >= 11 is 0. The van der Waals surface area contributed by atoms with E-state index in [1.807, 2.05) is 0 Å². The molecule has 0 aromatic heterocycles. The topological polar surface area (TPSA) is 43.7 Å². The Labute approximate surface area is 94.1 Å². The van der Waals surface area contributed by atoms with Crippen molar-refractivity contribution in [2.24, 2.45) is 11.8 Å². The van der Waals surface area contributed by atoms with Crippen molar-refractivity contribution in [1.82, 2.24) is 4.90 Å². The predicted octanol–water partition coefficient (Wildman–Crippen LogP) is 1.34. The molecule has 4 atom stereocenters. The van der Waals surface area contributed by atoms with Gasteiger partial charge in [-0.1, -0.05) is 20.8 Å². The molecule has 0 heterocycles. The van der Waals surface area contributed by atoms with E-state index in [1.54, 1.807) is 0 Å². The fraction of sp³-hybridized carbons (Fsp3) is 1.00. The van der Waals surface area contributed by atoms with Gasteiger partial charge in [-0.05, 0) is 32.2 Å². The van der Waals surface area contributed by atoms with Crippen LogP contribution in [0.4, 0.5) is 0 Å². The number of hydrogen-bond donors (Lipinski definition) is 2. The molecule has 0 saturated heterocycles. The average molecular weight is 217 g/mol. The van der Waals surface area contributed by atoms with Crippen molar-refractivity contribution in [2.75, 3.05) is 19.8 Å². The SMILES string of the molecule is CCN(C(C)C(C)CO)C(C)C(C)CO. The highest BCUT2D eigenvalue weighted by Gasteiger charge is 2.25. The molecular formula is C12H27NO2. The summed E-state index contributed by atoms with van der Waals surface area (Å²) in [5.74, 6) is 0.552. The predicted molar refractivity (Wildman–Crippen MR) is 63.8 cm³/mol. The van der Waals surface area contributed by atoms with Crippen molar-refractivity contribution >= 4 is 0 Å². The fourth-order valence-electron chi connectivity index (χ4n) is 1.91. The van der Waals surface area contributed by atoms with Crippen LogP contribution < -0.4 is 0 Å². The van der Waals surface area contributed by atoms with Crippen molar-refractivity contribution in [3.05, 3.63) is 0 Å². The van der Waals surface area contributed by atoms with Crippen LogP contribution in [0, 0.1) is 11.8 Å². The van der Waals surface area contributed by atoms with Gasteiger partial charge in [-0.2, -0.15) is 0 Å². The molecule has 3 nitrogen and oxygen atoms in total. The van der Waals surface area contributed by atoms with Gasteiger partial charge in [0.1, 0.15) is 0 Å². The summed E-state index contributed by atoms with van der Waals surface area (Å²) in [5, 5.41) is 18.3. The largest absolute Gasteiger partial charge is 0.396 e. The monoisotopic (exact) mass is 217 g/mol. The van der Waals surface area contributed by atoms with E-state index in [0.29, 0.717) is 12.1 Å². The third-order valence-corrected chi connectivity index (χ3v) is 3.63. The zero-order chi connectivity index (χ0) is 12.0. The summed E-state index contributed by atoms with van der Waals surface area (Å²) in [6, 6.07) is 0.702. The molecule has 15 heavy (non-hydrogen) atoms.